The predicted molar refractivity (Wildman–Crippen MR) is 171 cm³/mol. The number of aromatic nitrogens is 4. The van der Waals surface area contributed by atoms with E-state index in [1.165, 1.54) is 29.2 Å². The number of hydrogen-bond donors (Lipinski definition) is 2. The van der Waals surface area contributed by atoms with E-state index in [-0.39, 0.29) is 17.2 Å². The third-order valence-corrected chi connectivity index (χ3v) is 7.62. The summed E-state index contributed by atoms with van der Waals surface area (Å²) >= 11 is 0. The van der Waals surface area contributed by atoms with Crippen LogP contribution in [0.15, 0.2) is 77.9 Å². The van der Waals surface area contributed by atoms with Crippen molar-refractivity contribution >= 4 is 39.4 Å². The van der Waals surface area contributed by atoms with Crippen LogP contribution in [-0.2, 0) is 22.8 Å². The van der Waals surface area contributed by atoms with Crippen molar-refractivity contribution in [3.05, 3.63) is 89.1 Å². The second kappa shape index (κ2) is 13.5. The number of ketones is 1. The minimum Gasteiger partial charge on any atom is -0.481 e. The highest BCUT2D eigenvalue weighted by Crippen LogP contribution is 2.39. The van der Waals surface area contributed by atoms with Gasteiger partial charge in [0, 0.05) is 68.2 Å². The van der Waals surface area contributed by atoms with Gasteiger partial charge in [-0.3, -0.25) is 18.9 Å². The molecule has 1 saturated heterocycles. The summed E-state index contributed by atoms with van der Waals surface area (Å²) in [6.45, 7) is 3.44. The monoisotopic (exact) mass is 648 g/mol. The lowest BCUT2D eigenvalue weighted by atomic mass is 10.0. The second-order valence-corrected chi connectivity index (χ2v) is 10.7. The molecule has 1 aliphatic rings. The highest BCUT2D eigenvalue weighted by atomic mass is 19.4. The summed E-state index contributed by atoms with van der Waals surface area (Å²) in [5.41, 5.74) is 2.27. The van der Waals surface area contributed by atoms with E-state index in [2.05, 4.69) is 15.3 Å². The first kappa shape index (κ1) is 32.9. The fraction of sp³-hybridized carbons (Fsp3) is 0.242. The van der Waals surface area contributed by atoms with Crippen molar-refractivity contribution in [2.75, 3.05) is 38.2 Å². The summed E-state index contributed by atoms with van der Waals surface area (Å²) in [6.07, 6.45) is 0.466. The summed E-state index contributed by atoms with van der Waals surface area (Å²) in [4.78, 5) is 43.6. The maximum Gasteiger partial charge on any atom is 0.418 e. The first-order chi connectivity index (χ1) is 22.4. The molecule has 14 heteroatoms. The molecular weight excluding hydrogens is 617 g/mol. The highest BCUT2D eigenvalue weighted by Gasteiger charge is 2.36. The molecule has 1 fully saturated rings. The topological polar surface area (TPSA) is 132 Å². The fourth-order valence-electron chi connectivity index (χ4n) is 5.35. The Kier molecular flexibility index (Phi) is 9.42. The maximum absolute atomic E-state index is 14.3. The van der Waals surface area contributed by atoms with Gasteiger partial charge in [0.05, 0.1) is 41.1 Å². The number of carboxylic acid groups (broad SMARTS) is 1. The molecule has 2 aromatic carbocycles. The number of anilines is 1. The van der Waals surface area contributed by atoms with E-state index in [9.17, 15) is 27.6 Å². The Balaban J connectivity index is 0.000000483. The summed E-state index contributed by atoms with van der Waals surface area (Å²) in [7, 11) is 3.13. The van der Waals surface area contributed by atoms with Gasteiger partial charge in [0.1, 0.15) is 0 Å². The van der Waals surface area contributed by atoms with Gasteiger partial charge in [-0.05, 0) is 55.0 Å². The van der Waals surface area contributed by atoms with E-state index in [1.807, 2.05) is 24.3 Å². The van der Waals surface area contributed by atoms with Crippen molar-refractivity contribution < 1.29 is 32.6 Å². The molecule has 0 unspecified atom stereocenters. The number of nitrogens with zero attached hydrogens (tertiary/aromatic N) is 5. The van der Waals surface area contributed by atoms with E-state index >= 15 is 0 Å². The molecule has 244 valence electrons. The predicted octanol–water partition coefficient (Wildman–Crippen LogP) is 4.59. The van der Waals surface area contributed by atoms with Crippen LogP contribution in [0.5, 0.6) is 5.88 Å². The number of carbonyl (C=O) groups is 2. The standard InChI is InChI=1S/C28H25F3N6O2.C5H6O3/c1-35-24-16-33-22-6-3-17(18-4-8-25(39-2)34-15-18)13-20(22)26(24)37(27(35)38)19-5-7-23(21(14-19)28(29,30)31)36-11-9-32-10-12-36;1-4(6)2-3-5(7)8/h3-8,13-16,32H,9-12H2,1-2H3;2-3H,1H3,(H,7,8)/b;3-2-. The second-order valence-electron chi connectivity index (χ2n) is 10.7. The van der Waals surface area contributed by atoms with Gasteiger partial charge < -0.3 is 20.1 Å². The number of benzene rings is 2. The summed E-state index contributed by atoms with van der Waals surface area (Å²) in [5, 5.41) is 11.7. The van der Waals surface area contributed by atoms with Gasteiger partial charge in [-0.2, -0.15) is 13.2 Å². The van der Waals surface area contributed by atoms with Crippen LogP contribution in [0.4, 0.5) is 18.9 Å². The number of nitrogens with one attached hydrogen (secondary N) is 1. The first-order valence-corrected chi connectivity index (χ1v) is 14.5. The molecule has 3 aromatic heterocycles. The van der Waals surface area contributed by atoms with Crippen LogP contribution in [0, 0.1) is 0 Å². The molecule has 1 aliphatic heterocycles. The van der Waals surface area contributed by atoms with Gasteiger partial charge >= 0.3 is 17.8 Å². The van der Waals surface area contributed by atoms with Crippen LogP contribution < -0.4 is 20.6 Å². The number of imidazole rings is 1. The van der Waals surface area contributed by atoms with Gasteiger partial charge in [0.25, 0.3) is 0 Å². The molecule has 0 amide bonds. The number of aryl methyl sites for hydroxylation is 1. The van der Waals surface area contributed by atoms with E-state index in [1.54, 1.807) is 36.5 Å². The molecule has 0 atom stereocenters. The lowest BCUT2D eigenvalue weighted by Gasteiger charge is -2.31. The average Bonchev–Trinajstić information content (AvgIpc) is 3.33. The Hall–Kier alpha value is -5.50. The number of rotatable bonds is 6. The van der Waals surface area contributed by atoms with Crippen molar-refractivity contribution in [3.63, 3.8) is 0 Å². The lowest BCUT2D eigenvalue weighted by molar-refractivity contribution is -0.137. The average molecular weight is 649 g/mol. The molecular formula is C33H31F3N6O5. The van der Waals surface area contributed by atoms with Gasteiger partial charge in [0.15, 0.2) is 5.78 Å². The van der Waals surface area contributed by atoms with Crippen LogP contribution in [0.2, 0.25) is 0 Å². The van der Waals surface area contributed by atoms with Crippen molar-refractivity contribution in [3.8, 4) is 22.7 Å². The number of pyridine rings is 2. The van der Waals surface area contributed by atoms with Crippen molar-refractivity contribution in [2.24, 2.45) is 7.05 Å². The van der Waals surface area contributed by atoms with Gasteiger partial charge in [-0.1, -0.05) is 6.07 Å². The van der Waals surface area contributed by atoms with E-state index in [0.717, 1.165) is 29.3 Å². The Labute approximate surface area is 266 Å². The Morgan fingerprint density at radius 3 is 2.30 bits per heavy atom. The molecule has 0 aliphatic carbocycles. The lowest BCUT2D eigenvalue weighted by Crippen LogP contribution is -2.44. The number of fused-ring (bicyclic) bond motifs is 3. The van der Waals surface area contributed by atoms with E-state index in [4.69, 9.17) is 9.84 Å². The summed E-state index contributed by atoms with van der Waals surface area (Å²) < 4.78 is 50.8. The number of piperazine rings is 1. The molecule has 5 aromatic rings. The van der Waals surface area contributed by atoms with E-state index in [0.29, 0.717) is 54.0 Å². The molecule has 2 N–H and O–H groups in total. The van der Waals surface area contributed by atoms with Crippen molar-refractivity contribution in [1.82, 2.24) is 24.4 Å². The third-order valence-electron chi connectivity index (χ3n) is 7.62. The number of allylic oxidation sites excluding steroid dienone is 1. The van der Waals surface area contributed by atoms with Crippen LogP contribution in [0.25, 0.3) is 38.8 Å². The number of methoxy groups -OCH3 is 1. The molecule has 6 rings (SSSR count). The maximum atomic E-state index is 14.3. The molecule has 0 bridgehead atoms. The fourth-order valence-corrected chi connectivity index (χ4v) is 5.35. The zero-order valence-corrected chi connectivity index (χ0v) is 25.7. The molecule has 0 radical (unpaired) electrons. The Morgan fingerprint density at radius 1 is 0.979 bits per heavy atom. The third kappa shape index (κ3) is 7.02. The van der Waals surface area contributed by atoms with Crippen molar-refractivity contribution in [1.29, 1.82) is 0 Å². The number of halogens is 3. The Morgan fingerprint density at radius 2 is 1.70 bits per heavy atom. The minimum atomic E-state index is -4.59. The number of carboxylic acids is 1. The van der Waals surface area contributed by atoms with Gasteiger partial charge in [0.2, 0.25) is 5.88 Å². The molecule has 0 saturated carbocycles. The van der Waals surface area contributed by atoms with Gasteiger partial charge in [-0.15, -0.1) is 0 Å². The zero-order chi connectivity index (χ0) is 33.9. The number of hydrogen-bond acceptors (Lipinski definition) is 8. The Bertz CT molecular complexity index is 2030. The normalized spacial score (nSPS) is 13.5. The molecule has 4 heterocycles. The minimum absolute atomic E-state index is 0.113. The quantitative estimate of drug-likeness (QED) is 0.254. The van der Waals surface area contributed by atoms with Crippen LogP contribution in [0.1, 0.15) is 12.5 Å². The highest BCUT2D eigenvalue weighted by molar-refractivity contribution is 6.04. The van der Waals surface area contributed by atoms with Crippen LogP contribution >= 0.6 is 0 Å². The first-order valence-electron chi connectivity index (χ1n) is 14.5. The molecule has 0 spiro atoms. The number of carbonyl (C=O) groups excluding carboxylic acids is 1. The summed E-state index contributed by atoms with van der Waals surface area (Å²) in [6, 6.07) is 13.3. The number of alkyl halides is 3. The molecule has 47 heavy (non-hydrogen) atoms. The zero-order valence-electron chi connectivity index (χ0n) is 25.7. The summed E-state index contributed by atoms with van der Waals surface area (Å²) in [5.74, 6) is -0.877. The largest absolute Gasteiger partial charge is 0.481 e. The SMILES string of the molecule is CC(=O)/C=C\C(=O)O.COc1ccc(-c2ccc3ncc4c(c3c2)n(-c2ccc(N3CCNCC3)c(C(F)(F)F)c2)c(=O)n4C)cn1. The van der Waals surface area contributed by atoms with Crippen LogP contribution in [-0.4, -0.2) is 69.3 Å². The van der Waals surface area contributed by atoms with Crippen molar-refractivity contribution in [2.45, 2.75) is 13.1 Å². The number of ether oxygens (including phenoxy) is 1. The van der Waals surface area contributed by atoms with Gasteiger partial charge in [-0.25, -0.2) is 14.6 Å². The number of aliphatic carboxylic acids is 1. The molecule has 11 nitrogen and oxygen atoms in total. The smallest absolute Gasteiger partial charge is 0.418 e. The van der Waals surface area contributed by atoms with E-state index < -0.39 is 23.4 Å². The van der Waals surface area contributed by atoms with Crippen LogP contribution in [0.3, 0.4) is 0 Å².